The number of nitrogens with zero attached hydrogens (tertiary/aromatic N) is 2. The Labute approximate surface area is 234 Å². The largest absolute Gasteiger partial charge is 0.354 e. The molecule has 0 bridgehead atoms. The van der Waals surface area contributed by atoms with Crippen molar-refractivity contribution in [2.75, 3.05) is 17.4 Å². The van der Waals surface area contributed by atoms with Gasteiger partial charge in [0.25, 0.3) is 10.0 Å². The number of nitrogens with one attached hydrogen (secondary N) is 1. The van der Waals surface area contributed by atoms with Gasteiger partial charge in [0.1, 0.15) is 24.2 Å². The lowest BCUT2D eigenvalue weighted by atomic mass is 10.1. The third kappa shape index (κ3) is 7.88. The molecule has 0 aliphatic heterocycles. The third-order valence-corrected chi connectivity index (χ3v) is 8.27. The quantitative estimate of drug-likeness (QED) is 0.286. The Balaban J connectivity index is 2.02. The molecule has 3 aromatic carbocycles. The summed E-state index contributed by atoms with van der Waals surface area (Å²) in [6.45, 7) is 5.41. The first kappa shape index (κ1) is 30.7. The molecule has 0 saturated carbocycles. The van der Waals surface area contributed by atoms with Gasteiger partial charge in [0.05, 0.1) is 10.6 Å². The van der Waals surface area contributed by atoms with Gasteiger partial charge >= 0.3 is 0 Å². The summed E-state index contributed by atoms with van der Waals surface area (Å²) in [5.74, 6) is -2.01. The summed E-state index contributed by atoms with van der Waals surface area (Å²) in [6.07, 6.45) is 1.92. The Morgan fingerprint density at radius 2 is 1.45 bits per heavy atom. The van der Waals surface area contributed by atoms with Crippen molar-refractivity contribution in [3.05, 3.63) is 95.6 Å². The van der Waals surface area contributed by atoms with Crippen LogP contribution in [0.5, 0.6) is 0 Å². The number of benzene rings is 3. The van der Waals surface area contributed by atoms with Crippen LogP contribution in [0, 0.1) is 18.6 Å². The summed E-state index contributed by atoms with van der Waals surface area (Å²) in [5.41, 5.74) is 1.71. The van der Waals surface area contributed by atoms with E-state index in [9.17, 15) is 26.8 Å². The van der Waals surface area contributed by atoms with E-state index in [1.165, 1.54) is 29.2 Å². The highest BCUT2D eigenvalue weighted by atomic mass is 32.2. The lowest BCUT2D eigenvalue weighted by molar-refractivity contribution is -0.140. The summed E-state index contributed by atoms with van der Waals surface area (Å²) in [7, 11) is -4.29. The first-order valence-corrected chi connectivity index (χ1v) is 14.7. The van der Waals surface area contributed by atoms with E-state index in [1.807, 2.05) is 13.8 Å². The van der Waals surface area contributed by atoms with Gasteiger partial charge in [-0.1, -0.05) is 50.1 Å². The number of carbonyl (C=O) groups excluding carboxylic acids is 2. The number of amides is 2. The molecule has 0 fully saturated rings. The summed E-state index contributed by atoms with van der Waals surface area (Å²) in [5, 5.41) is 2.86. The van der Waals surface area contributed by atoms with Gasteiger partial charge in [-0.15, -0.1) is 0 Å². The zero-order valence-electron chi connectivity index (χ0n) is 22.9. The first-order valence-electron chi connectivity index (χ1n) is 13.2. The van der Waals surface area contributed by atoms with Crippen LogP contribution in [0.25, 0.3) is 0 Å². The molecule has 214 valence electrons. The number of hydrogen-bond acceptors (Lipinski definition) is 4. The molecule has 1 atom stereocenters. The third-order valence-electron chi connectivity index (χ3n) is 6.48. The van der Waals surface area contributed by atoms with Crippen molar-refractivity contribution in [2.45, 2.75) is 57.5 Å². The molecule has 1 unspecified atom stereocenters. The van der Waals surface area contributed by atoms with Gasteiger partial charge in [-0.2, -0.15) is 0 Å². The standard InChI is InChI=1S/C30H35F2N3O4S/c1-4-6-19-33-30(37)28(5-2)34(20-23-9-11-24(31)12-10-23)29(36)21-35(26-15-7-22(3)8-16-26)40(38,39)27-17-13-25(32)14-18-27/h7-18,28H,4-6,19-21H2,1-3H3,(H,33,37). The van der Waals surface area contributed by atoms with Gasteiger partial charge in [0.2, 0.25) is 11.8 Å². The smallest absolute Gasteiger partial charge is 0.264 e. The van der Waals surface area contributed by atoms with Crippen LogP contribution in [0.1, 0.15) is 44.2 Å². The van der Waals surface area contributed by atoms with Crippen molar-refractivity contribution < 1.29 is 26.8 Å². The van der Waals surface area contributed by atoms with Crippen molar-refractivity contribution in [1.82, 2.24) is 10.2 Å². The SMILES string of the molecule is CCCCNC(=O)C(CC)N(Cc1ccc(F)cc1)C(=O)CN(c1ccc(C)cc1)S(=O)(=O)c1ccc(F)cc1. The maximum absolute atomic E-state index is 13.9. The molecule has 0 heterocycles. The van der Waals surface area contributed by atoms with Crippen molar-refractivity contribution >= 4 is 27.5 Å². The number of unbranched alkanes of at least 4 members (excludes halogenated alkanes) is 1. The van der Waals surface area contributed by atoms with Gasteiger partial charge in [0.15, 0.2) is 0 Å². The maximum Gasteiger partial charge on any atom is 0.264 e. The number of aryl methyl sites for hydroxylation is 1. The fourth-order valence-corrected chi connectivity index (χ4v) is 5.60. The average Bonchev–Trinajstić information content (AvgIpc) is 2.93. The second-order valence-electron chi connectivity index (χ2n) is 9.52. The van der Waals surface area contributed by atoms with Crippen molar-refractivity contribution in [3.63, 3.8) is 0 Å². The molecule has 0 aliphatic rings. The maximum atomic E-state index is 13.9. The van der Waals surface area contributed by atoms with Crippen LogP contribution >= 0.6 is 0 Å². The van der Waals surface area contributed by atoms with Crippen LogP contribution in [-0.4, -0.2) is 44.3 Å². The highest BCUT2D eigenvalue weighted by Gasteiger charge is 2.33. The Kier molecular flexibility index (Phi) is 10.8. The zero-order valence-corrected chi connectivity index (χ0v) is 23.8. The summed E-state index contributed by atoms with van der Waals surface area (Å²) in [4.78, 5) is 28.2. The Morgan fingerprint density at radius 3 is 2.00 bits per heavy atom. The minimum atomic E-state index is -4.29. The molecular weight excluding hydrogens is 536 g/mol. The predicted molar refractivity (Wildman–Crippen MR) is 151 cm³/mol. The average molecular weight is 572 g/mol. The van der Waals surface area contributed by atoms with Crippen LogP contribution in [-0.2, 0) is 26.2 Å². The molecule has 3 aromatic rings. The Hall–Kier alpha value is -3.79. The lowest BCUT2D eigenvalue weighted by Crippen LogP contribution is -2.52. The second kappa shape index (κ2) is 14.0. The number of rotatable bonds is 13. The van der Waals surface area contributed by atoms with E-state index in [2.05, 4.69) is 5.32 Å². The summed E-state index contributed by atoms with van der Waals surface area (Å²) >= 11 is 0. The van der Waals surface area contributed by atoms with Crippen LogP contribution in [0.4, 0.5) is 14.5 Å². The molecule has 7 nitrogen and oxygen atoms in total. The molecular formula is C30H35F2N3O4S. The molecule has 0 aromatic heterocycles. The number of carbonyl (C=O) groups is 2. The van der Waals surface area contributed by atoms with E-state index in [0.29, 0.717) is 12.1 Å². The first-order chi connectivity index (χ1) is 19.1. The number of hydrogen-bond donors (Lipinski definition) is 1. The minimum Gasteiger partial charge on any atom is -0.354 e. The molecule has 40 heavy (non-hydrogen) atoms. The molecule has 2 amide bonds. The number of halogens is 2. The van der Waals surface area contributed by atoms with Crippen LogP contribution in [0.2, 0.25) is 0 Å². The predicted octanol–water partition coefficient (Wildman–Crippen LogP) is 5.19. The van der Waals surface area contributed by atoms with E-state index in [-0.39, 0.29) is 29.5 Å². The van der Waals surface area contributed by atoms with Gasteiger partial charge in [0, 0.05) is 13.1 Å². The van der Waals surface area contributed by atoms with E-state index in [0.717, 1.165) is 47.0 Å². The topological polar surface area (TPSA) is 86.8 Å². The highest BCUT2D eigenvalue weighted by molar-refractivity contribution is 7.92. The normalized spacial score (nSPS) is 12.0. The van der Waals surface area contributed by atoms with Crippen molar-refractivity contribution in [1.29, 1.82) is 0 Å². The monoisotopic (exact) mass is 571 g/mol. The molecule has 0 saturated heterocycles. The molecule has 3 rings (SSSR count). The van der Waals surface area contributed by atoms with Gasteiger partial charge < -0.3 is 10.2 Å². The molecule has 1 N–H and O–H groups in total. The fraction of sp³-hybridized carbons (Fsp3) is 0.333. The van der Waals surface area contributed by atoms with Crippen molar-refractivity contribution in [3.8, 4) is 0 Å². The fourth-order valence-electron chi connectivity index (χ4n) is 4.19. The summed E-state index contributed by atoms with van der Waals surface area (Å²) in [6, 6.07) is 15.6. The Morgan fingerprint density at radius 1 is 0.875 bits per heavy atom. The van der Waals surface area contributed by atoms with Gasteiger partial charge in [-0.05, 0) is 73.9 Å². The van der Waals surface area contributed by atoms with Crippen LogP contribution in [0.3, 0.4) is 0 Å². The summed E-state index contributed by atoms with van der Waals surface area (Å²) < 4.78 is 55.6. The molecule has 0 spiro atoms. The number of anilines is 1. The van der Waals surface area contributed by atoms with Crippen LogP contribution in [0.15, 0.2) is 77.7 Å². The van der Waals surface area contributed by atoms with E-state index in [1.54, 1.807) is 31.2 Å². The van der Waals surface area contributed by atoms with Crippen molar-refractivity contribution in [2.24, 2.45) is 0 Å². The van der Waals surface area contributed by atoms with E-state index < -0.39 is 40.2 Å². The lowest BCUT2D eigenvalue weighted by Gasteiger charge is -2.33. The zero-order chi connectivity index (χ0) is 29.3. The minimum absolute atomic E-state index is 0.0306. The second-order valence-corrected chi connectivity index (χ2v) is 11.4. The van der Waals surface area contributed by atoms with Gasteiger partial charge in [-0.25, -0.2) is 17.2 Å². The molecule has 0 radical (unpaired) electrons. The molecule has 10 heteroatoms. The van der Waals surface area contributed by atoms with E-state index >= 15 is 0 Å². The van der Waals surface area contributed by atoms with Gasteiger partial charge in [-0.3, -0.25) is 13.9 Å². The van der Waals surface area contributed by atoms with Crippen LogP contribution < -0.4 is 9.62 Å². The Bertz CT molecular complexity index is 1380. The molecule has 0 aliphatic carbocycles. The number of sulfonamides is 1. The highest BCUT2D eigenvalue weighted by Crippen LogP contribution is 2.25. The van der Waals surface area contributed by atoms with E-state index in [4.69, 9.17) is 0 Å².